The molecule has 0 saturated carbocycles. The Balaban J connectivity index is 1.90. The third-order valence-corrected chi connectivity index (χ3v) is 3.38. The van der Waals surface area contributed by atoms with E-state index in [4.69, 9.17) is 9.47 Å². The fraction of sp³-hybridized carbons (Fsp3) is 0.125. The van der Waals surface area contributed by atoms with Crippen molar-refractivity contribution in [1.82, 2.24) is 0 Å². The molecule has 22 heavy (non-hydrogen) atoms. The number of aryl methyl sites for hydroxylation is 1. The molecule has 1 heterocycles. The molecule has 2 aromatic carbocycles. The van der Waals surface area contributed by atoms with Crippen LogP contribution in [0.25, 0.3) is 0 Å². The van der Waals surface area contributed by atoms with Crippen LogP contribution in [0.4, 0.5) is 5.69 Å². The van der Waals surface area contributed by atoms with Crippen LogP contribution < -0.4 is 14.8 Å². The Hall–Kier alpha value is -3.02. The lowest BCUT2D eigenvalue weighted by Gasteiger charge is -2.11. The van der Waals surface area contributed by atoms with E-state index in [0.717, 1.165) is 0 Å². The van der Waals surface area contributed by atoms with Crippen LogP contribution in [-0.2, 0) is 0 Å². The minimum Gasteiger partial charge on any atom is -0.478 e. The van der Waals surface area contributed by atoms with Crippen molar-refractivity contribution in [3.8, 4) is 11.5 Å². The first-order valence-electron chi connectivity index (χ1n) is 6.60. The normalized spacial score (nSPS) is 12.0. The molecule has 3 rings (SSSR count). The molecule has 1 amide bonds. The van der Waals surface area contributed by atoms with Gasteiger partial charge in [-0.25, -0.2) is 4.79 Å². The first-order chi connectivity index (χ1) is 10.6. The Morgan fingerprint density at radius 1 is 1.14 bits per heavy atom. The standard InChI is InChI=1S/C16H13NO5/c1-9-3-2-4-11(16(19)20)14(9)17-15(18)10-5-6-12-13(7-10)22-8-21-12/h2-7H,8H2,1H3,(H,17,18)(H,19,20). The second kappa shape index (κ2) is 5.40. The maximum atomic E-state index is 12.3. The van der Waals surface area contributed by atoms with Crippen molar-refractivity contribution >= 4 is 17.6 Å². The summed E-state index contributed by atoms with van der Waals surface area (Å²) in [6.07, 6.45) is 0. The van der Waals surface area contributed by atoms with Crippen molar-refractivity contribution < 1.29 is 24.2 Å². The summed E-state index contributed by atoms with van der Waals surface area (Å²) in [5.41, 5.74) is 1.38. The van der Waals surface area contributed by atoms with Crippen LogP contribution in [0.15, 0.2) is 36.4 Å². The summed E-state index contributed by atoms with van der Waals surface area (Å²) in [5.74, 6) is -0.422. The number of amides is 1. The Morgan fingerprint density at radius 2 is 1.91 bits per heavy atom. The summed E-state index contributed by atoms with van der Waals surface area (Å²) in [5, 5.41) is 11.9. The number of hydrogen-bond donors (Lipinski definition) is 2. The maximum Gasteiger partial charge on any atom is 0.337 e. The van der Waals surface area contributed by atoms with Gasteiger partial charge in [-0.15, -0.1) is 0 Å². The fourth-order valence-electron chi connectivity index (χ4n) is 2.24. The van der Waals surface area contributed by atoms with Gasteiger partial charge in [-0.2, -0.15) is 0 Å². The summed E-state index contributed by atoms with van der Waals surface area (Å²) in [7, 11) is 0. The Labute approximate surface area is 126 Å². The highest BCUT2D eigenvalue weighted by atomic mass is 16.7. The third kappa shape index (κ3) is 2.46. The lowest BCUT2D eigenvalue weighted by atomic mass is 10.1. The third-order valence-electron chi connectivity index (χ3n) is 3.38. The van der Waals surface area contributed by atoms with Crippen LogP contribution in [0.5, 0.6) is 11.5 Å². The molecule has 112 valence electrons. The SMILES string of the molecule is Cc1cccc(C(=O)O)c1NC(=O)c1ccc2c(c1)OCO2. The van der Waals surface area contributed by atoms with Gasteiger partial charge in [0.1, 0.15) is 0 Å². The van der Waals surface area contributed by atoms with Gasteiger partial charge in [0.2, 0.25) is 6.79 Å². The van der Waals surface area contributed by atoms with Crippen LogP contribution in [0.1, 0.15) is 26.3 Å². The van der Waals surface area contributed by atoms with Crippen molar-refractivity contribution in [3.05, 3.63) is 53.1 Å². The minimum atomic E-state index is -1.09. The summed E-state index contributed by atoms with van der Waals surface area (Å²) >= 11 is 0. The molecular formula is C16H13NO5. The second-order valence-electron chi connectivity index (χ2n) is 4.82. The molecule has 0 unspecified atom stereocenters. The number of aromatic carboxylic acids is 1. The number of benzene rings is 2. The number of carbonyl (C=O) groups excluding carboxylic acids is 1. The molecule has 1 aliphatic heterocycles. The zero-order valence-corrected chi connectivity index (χ0v) is 11.8. The van der Waals surface area contributed by atoms with Crippen molar-refractivity contribution in [2.75, 3.05) is 12.1 Å². The molecule has 0 aromatic heterocycles. The second-order valence-corrected chi connectivity index (χ2v) is 4.82. The monoisotopic (exact) mass is 299 g/mol. The molecule has 6 heteroatoms. The van der Waals surface area contributed by atoms with E-state index in [1.54, 1.807) is 37.3 Å². The van der Waals surface area contributed by atoms with Gasteiger partial charge in [0, 0.05) is 5.56 Å². The van der Waals surface area contributed by atoms with E-state index in [1.165, 1.54) is 6.07 Å². The number of fused-ring (bicyclic) bond motifs is 1. The number of rotatable bonds is 3. The molecule has 1 aliphatic rings. The number of carbonyl (C=O) groups is 2. The van der Waals surface area contributed by atoms with Crippen molar-refractivity contribution in [3.63, 3.8) is 0 Å². The predicted molar refractivity (Wildman–Crippen MR) is 78.7 cm³/mol. The number of carboxylic acids is 1. The van der Waals surface area contributed by atoms with E-state index < -0.39 is 11.9 Å². The molecule has 2 N–H and O–H groups in total. The van der Waals surface area contributed by atoms with E-state index in [-0.39, 0.29) is 18.0 Å². The molecular weight excluding hydrogens is 286 g/mol. The van der Waals surface area contributed by atoms with Crippen LogP contribution >= 0.6 is 0 Å². The van der Waals surface area contributed by atoms with Gasteiger partial charge in [-0.05, 0) is 36.8 Å². The predicted octanol–water partition coefficient (Wildman–Crippen LogP) is 2.67. The number of ether oxygens (including phenoxy) is 2. The Bertz CT molecular complexity index is 769. The van der Waals surface area contributed by atoms with Gasteiger partial charge in [0.25, 0.3) is 5.91 Å². The summed E-state index contributed by atoms with van der Waals surface area (Å²) in [4.78, 5) is 23.6. The van der Waals surface area contributed by atoms with Gasteiger partial charge < -0.3 is 19.9 Å². The van der Waals surface area contributed by atoms with E-state index in [1.807, 2.05) is 0 Å². The number of nitrogens with one attached hydrogen (secondary N) is 1. The van der Waals surface area contributed by atoms with Crippen LogP contribution in [-0.4, -0.2) is 23.8 Å². The molecule has 0 atom stereocenters. The van der Waals surface area contributed by atoms with Crippen LogP contribution in [0.2, 0.25) is 0 Å². The molecule has 0 bridgehead atoms. The zero-order chi connectivity index (χ0) is 15.7. The quantitative estimate of drug-likeness (QED) is 0.910. The number of anilines is 1. The van der Waals surface area contributed by atoms with E-state index in [9.17, 15) is 14.7 Å². The smallest absolute Gasteiger partial charge is 0.337 e. The largest absolute Gasteiger partial charge is 0.478 e. The Morgan fingerprint density at radius 3 is 2.68 bits per heavy atom. The molecule has 0 radical (unpaired) electrons. The minimum absolute atomic E-state index is 0.0501. The molecule has 2 aromatic rings. The van der Waals surface area contributed by atoms with E-state index in [0.29, 0.717) is 22.6 Å². The average molecular weight is 299 g/mol. The first kappa shape index (κ1) is 13.9. The van der Waals surface area contributed by atoms with Gasteiger partial charge in [0.15, 0.2) is 11.5 Å². The highest BCUT2D eigenvalue weighted by molar-refractivity contribution is 6.08. The van der Waals surface area contributed by atoms with Gasteiger partial charge in [-0.3, -0.25) is 4.79 Å². The average Bonchev–Trinajstić information content (AvgIpc) is 2.96. The van der Waals surface area contributed by atoms with Crippen molar-refractivity contribution in [2.24, 2.45) is 0 Å². The van der Waals surface area contributed by atoms with Gasteiger partial charge in [0.05, 0.1) is 11.3 Å². The highest BCUT2D eigenvalue weighted by Gasteiger charge is 2.19. The van der Waals surface area contributed by atoms with Crippen LogP contribution in [0.3, 0.4) is 0 Å². The summed E-state index contributed by atoms with van der Waals surface area (Å²) in [6.45, 7) is 1.86. The highest BCUT2D eigenvalue weighted by Crippen LogP contribution is 2.33. The van der Waals surface area contributed by atoms with Crippen molar-refractivity contribution in [1.29, 1.82) is 0 Å². The molecule has 0 spiro atoms. The van der Waals surface area contributed by atoms with Crippen LogP contribution in [0, 0.1) is 6.92 Å². The van der Waals surface area contributed by atoms with E-state index >= 15 is 0 Å². The zero-order valence-electron chi connectivity index (χ0n) is 11.8. The lowest BCUT2D eigenvalue weighted by molar-refractivity contribution is 0.0698. The maximum absolute atomic E-state index is 12.3. The number of hydrogen-bond acceptors (Lipinski definition) is 4. The fourth-order valence-corrected chi connectivity index (χ4v) is 2.24. The van der Waals surface area contributed by atoms with Gasteiger partial charge >= 0.3 is 5.97 Å². The molecule has 0 fully saturated rings. The molecule has 6 nitrogen and oxygen atoms in total. The van der Waals surface area contributed by atoms with Gasteiger partial charge in [-0.1, -0.05) is 12.1 Å². The molecule has 0 aliphatic carbocycles. The lowest BCUT2D eigenvalue weighted by Crippen LogP contribution is -2.15. The topological polar surface area (TPSA) is 84.9 Å². The summed E-state index contributed by atoms with van der Waals surface area (Å²) in [6, 6.07) is 9.63. The number of carboxylic acid groups (broad SMARTS) is 1. The van der Waals surface area contributed by atoms with Crippen molar-refractivity contribution in [2.45, 2.75) is 6.92 Å². The summed E-state index contributed by atoms with van der Waals surface area (Å²) < 4.78 is 10.4. The first-order valence-corrected chi connectivity index (χ1v) is 6.60. The number of para-hydroxylation sites is 1. The molecule has 0 saturated heterocycles. The Kier molecular flexibility index (Phi) is 3.42. The van der Waals surface area contributed by atoms with E-state index in [2.05, 4.69) is 5.32 Å².